The molecule has 124 valence electrons. The fourth-order valence-electron chi connectivity index (χ4n) is 2.50. The minimum atomic E-state index is -0.101. The molecule has 1 amide bonds. The highest BCUT2D eigenvalue weighted by atomic mass is 79.9. The van der Waals surface area contributed by atoms with E-state index >= 15 is 0 Å². The molecule has 0 aromatic heterocycles. The lowest BCUT2D eigenvalue weighted by atomic mass is 10.1. The van der Waals surface area contributed by atoms with Crippen molar-refractivity contribution in [2.45, 2.75) is 6.92 Å². The van der Waals surface area contributed by atoms with Crippen LogP contribution in [0, 0.1) is 5.92 Å². The smallest absolute Gasteiger partial charge is 0.257 e. The first-order valence-corrected chi connectivity index (χ1v) is 8.48. The number of halogens is 1. The number of ether oxygens (including phenoxy) is 1. The number of hydrogen-bond acceptors (Lipinski definition) is 3. The molecule has 2 aromatic carbocycles. The van der Waals surface area contributed by atoms with Gasteiger partial charge in [-0.2, -0.15) is 0 Å². The lowest BCUT2D eigenvalue weighted by Gasteiger charge is -2.17. The Morgan fingerprint density at radius 1 is 1.26 bits per heavy atom. The van der Waals surface area contributed by atoms with E-state index in [9.17, 15) is 4.79 Å². The van der Waals surface area contributed by atoms with E-state index in [2.05, 4.69) is 33.1 Å². The fourth-order valence-corrected chi connectivity index (χ4v) is 3.10. The minimum Gasteiger partial charge on any atom is -0.483 e. The van der Waals surface area contributed by atoms with E-state index in [1.54, 1.807) is 0 Å². The molecule has 4 nitrogen and oxygen atoms in total. The number of rotatable bonds is 7. The van der Waals surface area contributed by atoms with Crippen molar-refractivity contribution in [3.05, 3.63) is 40.9 Å². The van der Waals surface area contributed by atoms with Gasteiger partial charge in [0, 0.05) is 13.1 Å². The average Bonchev–Trinajstić information content (AvgIpc) is 2.52. The molecule has 0 saturated carbocycles. The van der Waals surface area contributed by atoms with Gasteiger partial charge in [-0.3, -0.25) is 4.79 Å². The Labute approximate surface area is 145 Å². The molecule has 1 N–H and O–H groups in total. The maximum Gasteiger partial charge on any atom is 0.257 e. The number of carbonyl (C=O) groups excluding carboxylic acids is 1. The summed E-state index contributed by atoms with van der Waals surface area (Å²) < 4.78 is 6.53. The molecule has 0 aliphatic heterocycles. The van der Waals surface area contributed by atoms with E-state index in [4.69, 9.17) is 4.74 Å². The van der Waals surface area contributed by atoms with Crippen LogP contribution in [0.2, 0.25) is 0 Å². The molecule has 0 aliphatic carbocycles. The number of carbonyl (C=O) groups is 1. The average molecular weight is 379 g/mol. The van der Waals surface area contributed by atoms with Crippen LogP contribution in [-0.2, 0) is 4.79 Å². The molecule has 0 heterocycles. The Kier molecular flexibility index (Phi) is 6.42. The molecule has 0 saturated heterocycles. The second-order valence-electron chi connectivity index (χ2n) is 6.06. The van der Waals surface area contributed by atoms with Crippen molar-refractivity contribution in [2.75, 3.05) is 33.8 Å². The van der Waals surface area contributed by atoms with Crippen molar-refractivity contribution >= 4 is 32.6 Å². The highest BCUT2D eigenvalue weighted by Crippen LogP contribution is 2.32. The quantitative estimate of drug-likeness (QED) is 0.803. The number of benzene rings is 2. The zero-order valence-corrected chi connectivity index (χ0v) is 15.4. The van der Waals surface area contributed by atoms with E-state index in [1.165, 1.54) is 0 Å². The van der Waals surface area contributed by atoms with Crippen LogP contribution in [0.25, 0.3) is 10.8 Å². The van der Waals surface area contributed by atoms with E-state index in [1.807, 2.05) is 50.5 Å². The third-order valence-electron chi connectivity index (χ3n) is 3.51. The second kappa shape index (κ2) is 8.31. The molecule has 0 spiro atoms. The summed E-state index contributed by atoms with van der Waals surface area (Å²) in [4.78, 5) is 14.0. The van der Waals surface area contributed by atoms with Gasteiger partial charge in [0.1, 0.15) is 5.75 Å². The van der Waals surface area contributed by atoms with Gasteiger partial charge in [-0.25, -0.2) is 0 Å². The Hall–Kier alpha value is -1.59. The van der Waals surface area contributed by atoms with Gasteiger partial charge >= 0.3 is 0 Å². The molecule has 23 heavy (non-hydrogen) atoms. The van der Waals surface area contributed by atoms with Crippen molar-refractivity contribution in [3.63, 3.8) is 0 Å². The molecule has 0 aliphatic rings. The van der Waals surface area contributed by atoms with Gasteiger partial charge in [0.25, 0.3) is 5.91 Å². The summed E-state index contributed by atoms with van der Waals surface area (Å²) in [6.07, 6.45) is 0. The van der Waals surface area contributed by atoms with Crippen LogP contribution in [0.5, 0.6) is 5.75 Å². The standard InChI is InChI=1S/C18H23BrN2O2/c1-13(11-21(2)3)10-20-17(22)12-23-16-9-8-14-6-4-5-7-15(14)18(16)19/h4-9,13H,10-12H2,1-3H3,(H,20,22)/t13-/m1/s1. The molecule has 0 bridgehead atoms. The van der Waals surface area contributed by atoms with Gasteiger partial charge in [0.05, 0.1) is 4.47 Å². The van der Waals surface area contributed by atoms with Crippen LogP contribution in [0.1, 0.15) is 6.92 Å². The molecule has 2 rings (SSSR count). The van der Waals surface area contributed by atoms with Crippen LogP contribution in [-0.4, -0.2) is 44.6 Å². The van der Waals surface area contributed by atoms with Gasteiger partial charge < -0.3 is 15.0 Å². The van der Waals surface area contributed by atoms with Gasteiger partial charge in [-0.1, -0.05) is 37.3 Å². The first-order valence-electron chi connectivity index (χ1n) is 7.69. The van der Waals surface area contributed by atoms with Crippen molar-refractivity contribution in [1.29, 1.82) is 0 Å². The van der Waals surface area contributed by atoms with Crippen molar-refractivity contribution < 1.29 is 9.53 Å². The third-order valence-corrected chi connectivity index (χ3v) is 4.33. The van der Waals surface area contributed by atoms with Crippen LogP contribution in [0.3, 0.4) is 0 Å². The highest BCUT2D eigenvalue weighted by Gasteiger charge is 2.10. The summed E-state index contributed by atoms with van der Waals surface area (Å²) in [5.41, 5.74) is 0. The Morgan fingerprint density at radius 3 is 2.74 bits per heavy atom. The molecule has 0 fully saturated rings. The van der Waals surface area contributed by atoms with E-state index in [0.29, 0.717) is 18.2 Å². The Bertz CT molecular complexity index is 673. The minimum absolute atomic E-state index is 0.0195. The zero-order valence-electron chi connectivity index (χ0n) is 13.8. The van der Waals surface area contributed by atoms with E-state index < -0.39 is 0 Å². The lowest BCUT2D eigenvalue weighted by Crippen LogP contribution is -2.35. The van der Waals surface area contributed by atoms with Crippen LogP contribution >= 0.6 is 15.9 Å². The summed E-state index contributed by atoms with van der Waals surface area (Å²) in [5, 5.41) is 5.12. The van der Waals surface area contributed by atoms with Crippen LogP contribution in [0.15, 0.2) is 40.9 Å². The van der Waals surface area contributed by atoms with Crippen LogP contribution in [0.4, 0.5) is 0 Å². The summed E-state index contributed by atoms with van der Waals surface area (Å²) in [6.45, 7) is 3.73. The summed E-state index contributed by atoms with van der Waals surface area (Å²) in [5.74, 6) is 0.984. The number of amides is 1. The fraction of sp³-hybridized carbons (Fsp3) is 0.389. The largest absolute Gasteiger partial charge is 0.483 e. The number of hydrogen-bond donors (Lipinski definition) is 1. The Morgan fingerprint density at radius 2 is 2.00 bits per heavy atom. The maximum absolute atomic E-state index is 11.9. The van der Waals surface area contributed by atoms with E-state index in [0.717, 1.165) is 21.8 Å². The van der Waals surface area contributed by atoms with Crippen molar-refractivity contribution in [1.82, 2.24) is 10.2 Å². The topological polar surface area (TPSA) is 41.6 Å². The normalized spacial score (nSPS) is 12.4. The zero-order chi connectivity index (χ0) is 16.8. The number of nitrogens with zero attached hydrogens (tertiary/aromatic N) is 1. The maximum atomic E-state index is 11.9. The molecule has 2 aromatic rings. The summed E-state index contributed by atoms with van der Waals surface area (Å²) in [7, 11) is 4.05. The molecule has 5 heteroatoms. The molecule has 0 radical (unpaired) electrons. The SMILES string of the molecule is C[C@H](CNC(=O)COc1ccc2ccccc2c1Br)CN(C)C. The molecule has 0 unspecified atom stereocenters. The predicted octanol–water partition coefficient (Wildman–Crippen LogP) is 3.30. The van der Waals surface area contributed by atoms with Gasteiger partial charge in [0.15, 0.2) is 6.61 Å². The molecular weight excluding hydrogens is 356 g/mol. The van der Waals surface area contributed by atoms with Gasteiger partial charge in [0.2, 0.25) is 0 Å². The number of fused-ring (bicyclic) bond motifs is 1. The predicted molar refractivity (Wildman–Crippen MR) is 97.9 cm³/mol. The first kappa shape index (κ1) is 17.8. The van der Waals surface area contributed by atoms with E-state index in [-0.39, 0.29) is 12.5 Å². The number of nitrogens with one attached hydrogen (secondary N) is 1. The molecular formula is C18H23BrN2O2. The van der Waals surface area contributed by atoms with Crippen molar-refractivity contribution in [3.8, 4) is 5.75 Å². The van der Waals surface area contributed by atoms with Gasteiger partial charge in [-0.15, -0.1) is 0 Å². The monoisotopic (exact) mass is 378 g/mol. The van der Waals surface area contributed by atoms with Gasteiger partial charge in [-0.05, 0) is 52.8 Å². The Balaban J connectivity index is 1.88. The van der Waals surface area contributed by atoms with Crippen LogP contribution < -0.4 is 10.1 Å². The molecule has 1 atom stereocenters. The second-order valence-corrected chi connectivity index (χ2v) is 6.85. The lowest BCUT2D eigenvalue weighted by molar-refractivity contribution is -0.123. The third kappa shape index (κ3) is 5.22. The summed E-state index contributed by atoms with van der Waals surface area (Å²) >= 11 is 3.56. The summed E-state index contributed by atoms with van der Waals surface area (Å²) in [6, 6.07) is 11.9. The highest BCUT2D eigenvalue weighted by molar-refractivity contribution is 9.10. The van der Waals surface area contributed by atoms with Crippen molar-refractivity contribution in [2.24, 2.45) is 5.92 Å². The first-order chi connectivity index (χ1) is 11.0.